The lowest BCUT2D eigenvalue weighted by Gasteiger charge is -2.05. The first-order valence-electron chi connectivity index (χ1n) is 3.40. The van der Waals surface area contributed by atoms with Gasteiger partial charge >= 0.3 is 6.18 Å². The fraction of sp³-hybridized carbons (Fsp3) is 0.250. The van der Waals surface area contributed by atoms with Crippen LogP contribution in [-0.4, -0.2) is 0 Å². The molecule has 0 unspecified atom stereocenters. The number of alkyl halides is 3. The molecule has 64 valence electrons. The number of thioether (sulfide) groups is 1. The molecule has 4 heteroatoms. The largest absolute Gasteiger partial charge is 0.416 e. The number of halogens is 3. The Labute approximate surface area is 71.8 Å². The summed E-state index contributed by atoms with van der Waals surface area (Å²) in [5, 5.41) is 0. The Kier molecular flexibility index (Phi) is 1.61. The Morgan fingerprint density at radius 3 is 2.50 bits per heavy atom. The SMILES string of the molecule is FC(F)(F)c1cc2cc(c1)SC2. The van der Waals surface area contributed by atoms with Gasteiger partial charge in [0, 0.05) is 10.6 Å². The molecule has 1 aliphatic heterocycles. The van der Waals surface area contributed by atoms with Crippen molar-refractivity contribution < 1.29 is 13.2 Å². The van der Waals surface area contributed by atoms with E-state index in [0.29, 0.717) is 5.75 Å². The molecule has 12 heavy (non-hydrogen) atoms. The maximum atomic E-state index is 12.2. The van der Waals surface area contributed by atoms with Gasteiger partial charge in [-0.1, -0.05) is 0 Å². The van der Waals surface area contributed by atoms with Crippen molar-refractivity contribution in [1.82, 2.24) is 0 Å². The van der Waals surface area contributed by atoms with Gasteiger partial charge in [0.2, 0.25) is 0 Å². The van der Waals surface area contributed by atoms with Crippen molar-refractivity contribution in [2.45, 2.75) is 16.8 Å². The minimum atomic E-state index is -4.20. The minimum absolute atomic E-state index is 0.528. The maximum Gasteiger partial charge on any atom is 0.416 e. The third-order valence-corrected chi connectivity index (χ3v) is 2.75. The summed E-state index contributed by atoms with van der Waals surface area (Å²) in [6.07, 6.45) is -4.20. The number of benzene rings is 1. The molecule has 0 aromatic heterocycles. The summed E-state index contributed by atoms with van der Waals surface area (Å²) in [7, 11) is 0. The highest BCUT2D eigenvalue weighted by atomic mass is 32.2. The summed E-state index contributed by atoms with van der Waals surface area (Å²) in [6, 6.07) is 4.20. The van der Waals surface area contributed by atoms with Crippen LogP contribution in [0.3, 0.4) is 0 Å². The second-order valence-corrected chi connectivity index (χ2v) is 3.70. The van der Waals surface area contributed by atoms with Crippen molar-refractivity contribution >= 4 is 11.8 Å². The van der Waals surface area contributed by atoms with E-state index in [-0.39, 0.29) is 0 Å². The first-order chi connectivity index (χ1) is 5.55. The van der Waals surface area contributed by atoms with E-state index in [1.54, 1.807) is 6.07 Å². The zero-order chi connectivity index (χ0) is 8.77. The lowest BCUT2D eigenvalue weighted by Crippen LogP contribution is -2.04. The van der Waals surface area contributed by atoms with E-state index < -0.39 is 11.7 Å². The van der Waals surface area contributed by atoms with Crippen molar-refractivity contribution in [3.63, 3.8) is 0 Å². The van der Waals surface area contributed by atoms with Crippen LogP contribution in [0.25, 0.3) is 0 Å². The van der Waals surface area contributed by atoms with Crippen LogP contribution in [0, 0.1) is 0 Å². The van der Waals surface area contributed by atoms with Gasteiger partial charge in [-0.25, -0.2) is 0 Å². The van der Waals surface area contributed by atoms with Crippen LogP contribution in [0.1, 0.15) is 11.1 Å². The van der Waals surface area contributed by atoms with Crippen LogP contribution >= 0.6 is 11.8 Å². The zero-order valence-electron chi connectivity index (χ0n) is 5.98. The van der Waals surface area contributed by atoms with E-state index in [9.17, 15) is 13.2 Å². The molecule has 1 aromatic carbocycles. The molecule has 2 rings (SSSR count). The molecular formula is C8H5F3S. The molecule has 0 spiro atoms. The first-order valence-corrected chi connectivity index (χ1v) is 4.38. The van der Waals surface area contributed by atoms with E-state index in [1.807, 2.05) is 0 Å². The molecule has 0 atom stereocenters. The number of hydrogen-bond acceptors (Lipinski definition) is 1. The molecule has 0 saturated carbocycles. The first kappa shape index (κ1) is 7.98. The smallest absolute Gasteiger partial charge is 0.166 e. The quantitative estimate of drug-likeness (QED) is 0.604. The molecule has 0 nitrogen and oxygen atoms in total. The predicted molar refractivity (Wildman–Crippen MR) is 41.0 cm³/mol. The summed E-state index contributed by atoms with van der Waals surface area (Å²) >= 11 is 1.45. The molecular weight excluding hydrogens is 185 g/mol. The molecule has 1 heterocycles. The van der Waals surface area contributed by atoms with Crippen LogP contribution in [0.2, 0.25) is 0 Å². The Bertz CT molecular complexity index is 294. The van der Waals surface area contributed by atoms with Crippen LogP contribution in [0.4, 0.5) is 13.2 Å². The highest BCUT2D eigenvalue weighted by Crippen LogP contribution is 2.38. The van der Waals surface area contributed by atoms with Crippen LogP contribution in [0.5, 0.6) is 0 Å². The van der Waals surface area contributed by atoms with E-state index >= 15 is 0 Å². The summed E-state index contributed by atoms with van der Waals surface area (Å²) in [5.41, 5.74) is 0.241. The fourth-order valence-electron chi connectivity index (χ4n) is 1.16. The number of rotatable bonds is 0. The molecule has 1 aromatic rings. The van der Waals surface area contributed by atoms with E-state index in [2.05, 4.69) is 0 Å². The molecule has 2 bridgehead atoms. The molecule has 0 fully saturated rings. The van der Waals surface area contributed by atoms with Crippen molar-refractivity contribution in [2.75, 3.05) is 0 Å². The van der Waals surface area contributed by atoms with Crippen LogP contribution in [-0.2, 0) is 11.9 Å². The van der Waals surface area contributed by atoms with Gasteiger partial charge in [-0.2, -0.15) is 13.2 Å². The van der Waals surface area contributed by atoms with Gasteiger partial charge < -0.3 is 0 Å². The van der Waals surface area contributed by atoms with Crippen molar-refractivity contribution in [1.29, 1.82) is 0 Å². The molecule has 0 N–H and O–H groups in total. The molecule has 1 aliphatic rings. The second kappa shape index (κ2) is 2.42. The van der Waals surface area contributed by atoms with E-state index in [4.69, 9.17) is 0 Å². The summed E-state index contributed by atoms with van der Waals surface area (Å²) < 4.78 is 36.5. The normalized spacial score (nSPS) is 15.2. The molecule has 0 saturated heterocycles. The highest BCUT2D eigenvalue weighted by Gasteiger charge is 2.32. The van der Waals surface area contributed by atoms with Gasteiger partial charge in [-0.05, 0) is 23.8 Å². The van der Waals surface area contributed by atoms with Crippen molar-refractivity contribution in [3.8, 4) is 0 Å². The van der Waals surface area contributed by atoms with Gasteiger partial charge in [-0.15, -0.1) is 11.8 Å². The average Bonchev–Trinajstić information content (AvgIpc) is 2.28. The van der Waals surface area contributed by atoms with Gasteiger partial charge in [0.15, 0.2) is 0 Å². The van der Waals surface area contributed by atoms with Gasteiger partial charge in [-0.3, -0.25) is 0 Å². The Morgan fingerprint density at radius 1 is 1.17 bits per heavy atom. The Hall–Kier alpha value is -0.640. The van der Waals surface area contributed by atoms with Gasteiger partial charge in [0.25, 0.3) is 0 Å². The third kappa shape index (κ3) is 1.31. The summed E-state index contributed by atoms with van der Waals surface area (Å²) in [4.78, 5) is 0.722. The van der Waals surface area contributed by atoms with Crippen molar-refractivity contribution in [3.05, 3.63) is 29.3 Å². The molecule has 0 amide bonds. The monoisotopic (exact) mass is 190 g/mol. The Balaban J connectivity index is 2.48. The number of fused-ring (bicyclic) bond motifs is 2. The van der Waals surface area contributed by atoms with E-state index in [1.165, 1.54) is 23.9 Å². The van der Waals surface area contributed by atoms with Crippen LogP contribution in [0.15, 0.2) is 23.1 Å². The summed E-state index contributed by atoms with van der Waals surface area (Å²) in [5.74, 6) is 0.672. The standard InChI is InChI=1S/C8H5F3S/c9-8(10,11)6-1-5-2-7(3-6)12-4-5/h1-3H,4H2. The van der Waals surface area contributed by atoms with Gasteiger partial charge in [0.05, 0.1) is 5.56 Å². The molecule has 0 aliphatic carbocycles. The minimum Gasteiger partial charge on any atom is -0.166 e. The third-order valence-electron chi connectivity index (χ3n) is 1.70. The summed E-state index contributed by atoms with van der Waals surface area (Å²) in [6.45, 7) is 0. The second-order valence-electron chi connectivity index (χ2n) is 2.65. The Morgan fingerprint density at radius 2 is 1.92 bits per heavy atom. The fourth-order valence-corrected chi connectivity index (χ4v) is 2.10. The average molecular weight is 190 g/mol. The van der Waals surface area contributed by atoms with Gasteiger partial charge in [0.1, 0.15) is 0 Å². The maximum absolute atomic E-state index is 12.2. The lowest BCUT2D eigenvalue weighted by atomic mass is 10.1. The number of hydrogen-bond donors (Lipinski definition) is 0. The van der Waals surface area contributed by atoms with Crippen molar-refractivity contribution in [2.24, 2.45) is 0 Å². The molecule has 0 radical (unpaired) electrons. The highest BCUT2D eigenvalue weighted by molar-refractivity contribution is 7.98. The topological polar surface area (TPSA) is 0 Å². The lowest BCUT2D eigenvalue weighted by molar-refractivity contribution is -0.137. The predicted octanol–water partition coefficient (Wildman–Crippen LogP) is 3.31. The van der Waals surface area contributed by atoms with Crippen LogP contribution < -0.4 is 0 Å². The van der Waals surface area contributed by atoms with E-state index in [0.717, 1.165) is 10.5 Å². The zero-order valence-corrected chi connectivity index (χ0v) is 6.80.